The molecule has 1 aromatic carbocycles. The topological polar surface area (TPSA) is 46.5 Å². The van der Waals surface area contributed by atoms with Gasteiger partial charge in [-0.25, -0.2) is 4.79 Å². The molecule has 3 nitrogen and oxygen atoms in total. The lowest BCUT2D eigenvalue weighted by molar-refractivity contribution is -0.137. The summed E-state index contributed by atoms with van der Waals surface area (Å²) in [4.78, 5) is 10.7. The van der Waals surface area contributed by atoms with Crippen LogP contribution in [0.1, 0.15) is 24.0 Å². The molecule has 1 aliphatic rings. The second-order valence-corrected chi connectivity index (χ2v) is 4.17. The van der Waals surface area contributed by atoms with Crippen LogP contribution in [0, 0.1) is 0 Å². The van der Waals surface area contributed by atoms with Crippen LogP contribution in [0.15, 0.2) is 24.3 Å². The molecular weight excluding hydrogens is 261 g/mol. The first kappa shape index (κ1) is 13.5. The third-order valence-electron chi connectivity index (χ3n) is 2.80. The Kier molecular flexibility index (Phi) is 3.50. The Hall–Kier alpha value is -1.98. The molecule has 0 unspecified atom stereocenters. The number of carboxylic acids is 1. The normalized spacial score (nSPS) is 17.5. The number of benzene rings is 1. The van der Waals surface area contributed by atoms with Gasteiger partial charge in [-0.15, -0.1) is 0 Å². The third kappa shape index (κ3) is 3.07. The Labute approximate surface area is 107 Å². The summed E-state index contributed by atoms with van der Waals surface area (Å²) >= 11 is 0. The van der Waals surface area contributed by atoms with Gasteiger partial charge in [0.25, 0.3) is 0 Å². The maximum Gasteiger partial charge on any atom is 0.416 e. The molecule has 6 heteroatoms. The number of allylic oxidation sites excluding steroid dienone is 1. The molecule has 0 fully saturated rings. The molecule has 1 N–H and O–H groups in total. The predicted octanol–water partition coefficient (Wildman–Crippen LogP) is 3.35. The Bertz CT molecular complexity index is 532. The van der Waals surface area contributed by atoms with E-state index in [0.717, 1.165) is 18.2 Å². The van der Waals surface area contributed by atoms with E-state index in [4.69, 9.17) is 9.84 Å². The fourth-order valence-corrected chi connectivity index (χ4v) is 1.96. The minimum absolute atomic E-state index is 0.0832. The summed E-state index contributed by atoms with van der Waals surface area (Å²) in [7, 11) is 0. The van der Waals surface area contributed by atoms with Crippen molar-refractivity contribution in [1.82, 2.24) is 0 Å². The molecule has 19 heavy (non-hydrogen) atoms. The molecule has 0 saturated heterocycles. The van der Waals surface area contributed by atoms with E-state index in [2.05, 4.69) is 0 Å². The van der Waals surface area contributed by atoms with Gasteiger partial charge in [0, 0.05) is 11.6 Å². The molecule has 0 aliphatic carbocycles. The molecule has 0 atom stereocenters. The SMILES string of the molecule is O=C(O)/C=C1/CCCOc2cc(C(F)(F)F)ccc21. The zero-order chi connectivity index (χ0) is 14.0. The van der Waals surface area contributed by atoms with Crippen LogP contribution in [0.2, 0.25) is 0 Å². The van der Waals surface area contributed by atoms with Crippen molar-refractivity contribution in [2.75, 3.05) is 6.61 Å². The maximum atomic E-state index is 12.6. The van der Waals surface area contributed by atoms with Crippen LogP contribution in [0.25, 0.3) is 5.57 Å². The van der Waals surface area contributed by atoms with Crippen molar-refractivity contribution in [3.63, 3.8) is 0 Å². The number of rotatable bonds is 1. The van der Waals surface area contributed by atoms with Crippen molar-refractivity contribution in [2.24, 2.45) is 0 Å². The quantitative estimate of drug-likeness (QED) is 0.797. The monoisotopic (exact) mass is 272 g/mol. The molecule has 0 radical (unpaired) electrons. The zero-order valence-corrected chi connectivity index (χ0v) is 9.83. The highest BCUT2D eigenvalue weighted by Gasteiger charge is 2.31. The molecule has 0 amide bonds. The predicted molar refractivity (Wildman–Crippen MR) is 61.8 cm³/mol. The molecule has 1 aromatic rings. The van der Waals surface area contributed by atoms with E-state index >= 15 is 0 Å². The minimum Gasteiger partial charge on any atom is -0.493 e. The average Bonchev–Trinajstić information content (AvgIpc) is 2.49. The lowest BCUT2D eigenvalue weighted by Gasteiger charge is -2.12. The number of hydrogen-bond donors (Lipinski definition) is 1. The van der Waals surface area contributed by atoms with E-state index in [-0.39, 0.29) is 12.4 Å². The standard InChI is InChI=1S/C13H11F3O3/c14-13(15,16)9-3-4-10-8(6-12(17)18)2-1-5-19-11(10)7-9/h3-4,6-7H,1-2,5H2,(H,17,18)/b8-6-. The van der Waals surface area contributed by atoms with E-state index in [0.29, 0.717) is 24.0 Å². The first-order valence-corrected chi connectivity index (χ1v) is 5.66. The summed E-state index contributed by atoms with van der Waals surface area (Å²) < 4.78 is 43.1. The fraction of sp³-hybridized carbons (Fsp3) is 0.308. The zero-order valence-electron chi connectivity index (χ0n) is 9.83. The summed E-state index contributed by atoms with van der Waals surface area (Å²) in [5.41, 5.74) is 0.0875. The average molecular weight is 272 g/mol. The van der Waals surface area contributed by atoms with Crippen LogP contribution in [0.3, 0.4) is 0 Å². The fourth-order valence-electron chi connectivity index (χ4n) is 1.96. The number of carboxylic acid groups (broad SMARTS) is 1. The van der Waals surface area contributed by atoms with E-state index in [1.54, 1.807) is 0 Å². The van der Waals surface area contributed by atoms with Crippen molar-refractivity contribution in [3.8, 4) is 5.75 Å². The molecule has 2 rings (SSSR count). The van der Waals surface area contributed by atoms with E-state index in [9.17, 15) is 18.0 Å². The number of alkyl halides is 3. The molecule has 1 aliphatic heterocycles. The first-order chi connectivity index (χ1) is 8.88. The summed E-state index contributed by atoms with van der Waals surface area (Å²) in [5, 5.41) is 8.77. The number of halogens is 3. The Morgan fingerprint density at radius 1 is 1.37 bits per heavy atom. The number of ether oxygens (including phenoxy) is 1. The Morgan fingerprint density at radius 2 is 2.11 bits per heavy atom. The van der Waals surface area contributed by atoms with Gasteiger partial charge in [-0.05, 0) is 30.5 Å². The van der Waals surface area contributed by atoms with E-state index in [1.807, 2.05) is 0 Å². The minimum atomic E-state index is -4.44. The molecule has 0 spiro atoms. The van der Waals surface area contributed by atoms with Gasteiger partial charge in [-0.2, -0.15) is 13.2 Å². The molecule has 0 aromatic heterocycles. The van der Waals surface area contributed by atoms with Crippen LogP contribution in [0.4, 0.5) is 13.2 Å². The molecule has 0 saturated carbocycles. The maximum absolute atomic E-state index is 12.6. The largest absolute Gasteiger partial charge is 0.493 e. The number of hydrogen-bond acceptors (Lipinski definition) is 2. The summed E-state index contributed by atoms with van der Waals surface area (Å²) in [5.74, 6) is -1.04. The van der Waals surface area contributed by atoms with Crippen LogP contribution < -0.4 is 4.74 Å². The van der Waals surface area contributed by atoms with Crippen LogP contribution in [0.5, 0.6) is 5.75 Å². The van der Waals surface area contributed by atoms with Gasteiger partial charge in [-0.3, -0.25) is 0 Å². The van der Waals surface area contributed by atoms with Crippen molar-refractivity contribution >= 4 is 11.5 Å². The van der Waals surface area contributed by atoms with Crippen molar-refractivity contribution < 1.29 is 27.8 Å². The second-order valence-electron chi connectivity index (χ2n) is 4.17. The van der Waals surface area contributed by atoms with Gasteiger partial charge in [0.15, 0.2) is 0 Å². The Balaban J connectivity index is 2.49. The van der Waals surface area contributed by atoms with E-state index in [1.165, 1.54) is 6.07 Å². The summed E-state index contributed by atoms with van der Waals surface area (Å²) in [6, 6.07) is 3.11. The third-order valence-corrected chi connectivity index (χ3v) is 2.80. The molecule has 1 heterocycles. The van der Waals surface area contributed by atoms with Crippen molar-refractivity contribution in [1.29, 1.82) is 0 Å². The lowest BCUT2D eigenvalue weighted by Crippen LogP contribution is -2.06. The van der Waals surface area contributed by atoms with Crippen LogP contribution in [-0.2, 0) is 11.0 Å². The van der Waals surface area contributed by atoms with Gasteiger partial charge in [0.05, 0.1) is 12.2 Å². The lowest BCUT2D eigenvalue weighted by atomic mass is 9.99. The van der Waals surface area contributed by atoms with Gasteiger partial charge >= 0.3 is 12.1 Å². The van der Waals surface area contributed by atoms with Crippen molar-refractivity contribution in [2.45, 2.75) is 19.0 Å². The number of aliphatic carboxylic acids is 1. The van der Waals surface area contributed by atoms with Crippen molar-refractivity contribution in [3.05, 3.63) is 35.4 Å². The van der Waals surface area contributed by atoms with Gasteiger partial charge < -0.3 is 9.84 Å². The molecule has 0 bridgehead atoms. The summed E-state index contributed by atoms with van der Waals surface area (Å²) in [6.07, 6.45) is -2.40. The van der Waals surface area contributed by atoms with Crippen LogP contribution >= 0.6 is 0 Å². The molecule has 102 valence electrons. The van der Waals surface area contributed by atoms with E-state index < -0.39 is 17.7 Å². The van der Waals surface area contributed by atoms with Gasteiger partial charge in [0.1, 0.15) is 5.75 Å². The summed E-state index contributed by atoms with van der Waals surface area (Å²) in [6.45, 7) is 0.269. The number of fused-ring (bicyclic) bond motifs is 1. The van der Waals surface area contributed by atoms with Gasteiger partial charge in [-0.1, -0.05) is 6.07 Å². The smallest absolute Gasteiger partial charge is 0.416 e. The highest BCUT2D eigenvalue weighted by atomic mass is 19.4. The van der Waals surface area contributed by atoms with Crippen LogP contribution in [-0.4, -0.2) is 17.7 Å². The Morgan fingerprint density at radius 3 is 2.74 bits per heavy atom. The highest BCUT2D eigenvalue weighted by molar-refractivity contribution is 5.91. The first-order valence-electron chi connectivity index (χ1n) is 5.66. The molecular formula is C13H11F3O3. The number of carbonyl (C=O) groups is 1. The van der Waals surface area contributed by atoms with Gasteiger partial charge in [0.2, 0.25) is 0 Å². The second kappa shape index (κ2) is 4.95. The highest BCUT2D eigenvalue weighted by Crippen LogP contribution is 2.37.